The molecule has 1 amide bonds. The molecule has 28 heavy (non-hydrogen) atoms. The van der Waals surface area contributed by atoms with Crippen LogP contribution in [0.25, 0.3) is 0 Å². The molecule has 1 N–H and O–H groups in total. The molecule has 2 rings (SSSR count). The highest BCUT2D eigenvalue weighted by molar-refractivity contribution is 7.89. The van der Waals surface area contributed by atoms with Crippen LogP contribution in [0.1, 0.15) is 34.7 Å². The topological polar surface area (TPSA) is 78.8 Å². The summed E-state index contributed by atoms with van der Waals surface area (Å²) in [5.74, 6) is -0.505. The SMILES string of the molecule is CCc1ccc(/C=N\NC(=O)CN(C)S(=O)(=O)c2c(C)cc(C)cc2C)cc1. The molecule has 0 saturated heterocycles. The zero-order valence-corrected chi connectivity index (χ0v) is 17.8. The second-order valence-electron chi connectivity index (χ2n) is 6.88. The number of amides is 1. The van der Waals surface area contributed by atoms with Crippen molar-refractivity contribution in [3.8, 4) is 0 Å². The summed E-state index contributed by atoms with van der Waals surface area (Å²) in [5, 5.41) is 3.91. The van der Waals surface area contributed by atoms with Gasteiger partial charge in [0.25, 0.3) is 5.91 Å². The third kappa shape index (κ3) is 5.27. The Balaban J connectivity index is 2.04. The number of hydrazone groups is 1. The second kappa shape index (κ2) is 9.12. The fourth-order valence-corrected chi connectivity index (χ4v) is 4.60. The smallest absolute Gasteiger partial charge is 0.255 e. The summed E-state index contributed by atoms with van der Waals surface area (Å²) in [6.45, 7) is 7.19. The lowest BCUT2D eigenvalue weighted by Gasteiger charge is -2.19. The number of aryl methyl sites for hydroxylation is 4. The molecule has 0 saturated carbocycles. The molecule has 7 heteroatoms. The van der Waals surface area contributed by atoms with Crippen molar-refractivity contribution < 1.29 is 13.2 Å². The van der Waals surface area contributed by atoms with Crippen LogP contribution in [-0.4, -0.2) is 38.4 Å². The van der Waals surface area contributed by atoms with Gasteiger partial charge in [0.2, 0.25) is 10.0 Å². The van der Waals surface area contributed by atoms with Crippen LogP contribution < -0.4 is 5.43 Å². The predicted molar refractivity (Wildman–Crippen MR) is 112 cm³/mol. The summed E-state index contributed by atoms with van der Waals surface area (Å²) in [4.78, 5) is 12.4. The lowest BCUT2D eigenvalue weighted by molar-refractivity contribution is -0.121. The van der Waals surface area contributed by atoms with Gasteiger partial charge >= 0.3 is 0 Å². The van der Waals surface area contributed by atoms with E-state index in [2.05, 4.69) is 17.5 Å². The molecule has 6 nitrogen and oxygen atoms in total. The summed E-state index contributed by atoms with van der Waals surface area (Å²) in [7, 11) is -2.39. The molecule has 0 atom stereocenters. The summed E-state index contributed by atoms with van der Waals surface area (Å²) in [5.41, 5.74) is 6.77. The van der Waals surface area contributed by atoms with Crippen molar-refractivity contribution in [1.82, 2.24) is 9.73 Å². The number of carbonyl (C=O) groups excluding carboxylic acids is 1. The van der Waals surface area contributed by atoms with E-state index in [1.807, 2.05) is 43.3 Å². The zero-order valence-electron chi connectivity index (χ0n) is 17.0. The first-order valence-corrected chi connectivity index (χ1v) is 10.5. The van der Waals surface area contributed by atoms with Gasteiger partial charge in [0.05, 0.1) is 17.7 Å². The first kappa shape index (κ1) is 21.8. The molecule has 0 bridgehead atoms. The average molecular weight is 402 g/mol. The first-order valence-electron chi connectivity index (χ1n) is 9.10. The third-order valence-electron chi connectivity index (χ3n) is 4.43. The number of rotatable bonds is 7. The molecule has 0 aromatic heterocycles. The number of sulfonamides is 1. The van der Waals surface area contributed by atoms with Crippen molar-refractivity contribution in [2.24, 2.45) is 5.10 Å². The fourth-order valence-electron chi connectivity index (χ4n) is 3.07. The van der Waals surface area contributed by atoms with Crippen LogP contribution in [0.3, 0.4) is 0 Å². The lowest BCUT2D eigenvalue weighted by atomic mass is 10.1. The quantitative estimate of drug-likeness (QED) is 0.572. The number of hydrogen-bond donors (Lipinski definition) is 1. The van der Waals surface area contributed by atoms with Crippen LogP contribution in [-0.2, 0) is 21.2 Å². The van der Waals surface area contributed by atoms with Gasteiger partial charge in [0.15, 0.2) is 0 Å². The van der Waals surface area contributed by atoms with Gasteiger partial charge in [-0.1, -0.05) is 48.9 Å². The van der Waals surface area contributed by atoms with Gasteiger partial charge in [0, 0.05) is 7.05 Å². The number of hydrogen-bond acceptors (Lipinski definition) is 4. The molecule has 2 aromatic rings. The molecule has 0 heterocycles. The van der Waals surface area contributed by atoms with E-state index >= 15 is 0 Å². The Kier molecular flexibility index (Phi) is 7.10. The van der Waals surface area contributed by atoms with E-state index in [0.717, 1.165) is 21.9 Å². The third-order valence-corrected chi connectivity index (χ3v) is 6.54. The maximum Gasteiger partial charge on any atom is 0.255 e. The number of benzene rings is 2. The van der Waals surface area contributed by atoms with Crippen LogP contribution in [0.15, 0.2) is 46.4 Å². The second-order valence-corrected chi connectivity index (χ2v) is 8.86. The van der Waals surface area contributed by atoms with Gasteiger partial charge in [0.1, 0.15) is 0 Å². The van der Waals surface area contributed by atoms with Crippen LogP contribution in [0.5, 0.6) is 0 Å². The van der Waals surface area contributed by atoms with E-state index < -0.39 is 15.9 Å². The van der Waals surface area contributed by atoms with Gasteiger partial charge in [-0.3, -0.25) is 4.79 Å². The Bertz CT molecular complexity index is 957. The molecule has 0 aliphatic rings. The summed E-state index contributed by atoms with van der Waals surface area (Å²) in [6, 6.07) is 11.5. The van der Waals surface area contributed by atoms with E-state index in [4.69, 9.17) is 0 Å². The van der Waals surface area contributed by atoms with Crippen molar-refractivity contribution in [3.05, 3.63) is 64.2 Å². The largest absolute Gasteiger partial charge is 0.272 e. The molecule has 0 unspecified atom stereocenters. The van der Waals surface area contributed by atoms with E-state index in [0.29, 0.717) is 11.1 Å². The minimum atomic E-state index is -3.78. The Labute approximate surface area is 167 Å². The highest BCUT2D eigenvalue weighted by atomic mass is 32.2. The molecule has 0 aliphatic heterocycles. The van der Waals surface area contributed by atoms with Gasteiger partial charge in [-0.15, -0.1) is 0 Å². The van der Waals surface area contributed by atoms with Gasteiger partial charge in [-0.25, -0.2) is 13.8 Å². The standard InChI is InChI=1S/C21H27N3O3S/c1-6-18-7-9-19(10-8-18)13-22-23-20(25)14-24(5)28(26,27)21-16(3)11-15(2)12-17(21)4/h7-13H,6,14H2,1-5H3,(H,23,25)/b22-13-. The summed E-state index contributed by atoms with van der Waals surface area (Å²) in [6.07, 6.45) is 2.48. The van der Waals surface area contributed by atoms with Crippen molar-refractivity contribution in [3.63, 3.8) is 0 Å². The minimum Gasteiger partial charge on any atom is -0.272 e. The van der Waals surface area contributed by atoms with Gasteiger partial charge in [-0.05, 0) is 49.4 Å². The van der Waals surface area contributed by atoms with Crippen LogP contribution >= 0.6 is 0 Å². The van der Waals surface area contributed by atoms with Crippen LogP contribution in [0.2, 0.25) is 0 Å². The van der Waals surface area contributed by atoms with Gasteiger partial charge < -0.3 is 0 Å². The van der Waals surface area contributed by atoms with Crippen LogP contribution in [0.4, 0.5) is 0 Å². The minimum absolute atomic E-state index is 0.243. The monoisotopic (exact) mass is 401 g/mol. The van der Waals surface area contributed by atoms with Crippen molar-refractivity contribution in [2.75, 3.05) is 13.6 Å². The summed E-state index contributed by atoms with van der Waals surface area (Å²) < 4.78 is 26.8. The normalized spacial score (nSPS) is 11.9. The molecule has 0 fully saturated rings. The molecule has 0 aliphatic carbocycles. The average Bonchev–Trinajstić information content (AvgIpc) is 2.61. The van der Waals surface area contributed by atoms with Crippen molar-refractivity contribution in [1.29, 1.82) is 0 Å². The number of nitrogens with one attached hydrogen (secondary N) is 1. The maximum atomic E-state index is 12.9. The lowest BCUT2D eigenvalue weighted by Crippen LogP contribution is -2.37. The van der Waals surface area contributed by atoms with Crippen molar-refractivity contribution >= 4 is 22.1 Å². The number of carbonyl (C=O) groups is 1. The van der Waals surface area contributed by atoms with Crippen molar-refractivity contribution in [2.45, 2.75) is 39.0 Å². The van der Waals surface area contributed by atoms with Gasteiger partial charge in [-0.2, -0.15) is 9.41 Å². The van der Waals surface area contributed by atoms with E-state index in [9.17, 15) is 13.2 Å². The maximum absolute atomic E-state index is 12.9. The Morgan fingerprint density at radius 2 is 1.68 bits per heavy atom. The number of nitrogens with zero attached hydrogens (tertiary/aromatic N) is 2. The highest BCUT2D eigenvalue weighted by Gasteiger charge is 2.26. The molecular weight excluding hydrogens is 374 g/mol. The first-order chi connectivity index (χ1) is 13.1. The summed E-state index contributed by atoms with van der Waals surface area (Å²) >= 11 is 0. The molecule has 2 aromatic carbocycles. The molecular formula is C21H27N3O3S. The molecule has 0 radical (unpaired) electrons. The zero-order chi connectivity index (χ0) is 20.9. The van der Waals surface area contributed by atoms with E-state index in [1.165, 1.54) is 18.8 Å². The van der Waals surface area contributed by atoms with E-state index in [1.54, 1.807) is 13.8 Å². The van der Waals surface area contributed by atoms with Crippen LogP contribution in [0, 0.1) is 20.8 Å². The fraction of sp³-hybridized carbons (Fsp3) is 0.333. The number of likely N-dealkylation sites (N-methyl/N-ethyl adjacent to an activating group) is 1. The molecule has 150 valence electrons. The van der Waals surface area contributed by atoms with E-state index in [-0.39, 0.29) is 11.4 Å². The Morgan fingerprint density at radius 3 is 2.21 bits per heavy atom. The highest BCUT2D eigenvalue weighted by Crippen LogP contribution is 2.24. The Morgan fingerprint density at radius 1 is 1.11 bits per heavy atom. The molecule has 0 spiro atoms. The Hall–Kier alpha value is -2.51. The predicted octanol–water partition coefficient (Wildman–Crippen LogP) is 2.95.